The van der Waals surface area contributed by atoms with Crippen LogP contribution in [0.4, 0.5) is 11.5 Å². The van der Waals surface area contributed by atoms with Gasteiger partial charge in [0.05, 0.1) is 35.9 Å². The largest absolute Gasteiger partial charge is 0.419 e. The Morgan fingerprint density at radius 3 is 1.97 bits per heavy atom. The summed E-state index contributed by atoms with van der Waals surface area (Å²) in [7, 11) is -4.33. The Morgan fingerprint density at radius 1 is 0.686 bits per heavy atom. The lowest BCUT2D eigenvalue weighted by Gasteiger charge is -2.40. The minimum absolute atomic E-state index is 0.00691. The van der Waals surface area contributed by atoms with Gasteiger partial charge in [0.25, 0.3) is 0 Å². The number of hydrogen-bond donors (Lipinski definition) is 1. The third-order valence-corrected chi connectivity index (χ3v) is 23.9. The maximum absolute atomic E-state index is 14.0. The minimum Gasteiger partial charge on any atom is -0.419 e. The highest BCUT2D eigenvalue weighted by Crippen LogP contribution is 2.49. The molecule has 12 nitrogen and oxygen atoms in total. The van der Waals surface area contributed by atoms with Crippen molar-refractivity contribution >= 4 is 94.3 Å². The lowest BCUT2D eigenvalue weighted by molar-refractivity contribution is -0.0383. The molecular formula is C56H59N5O7Si2. The zero-order chi connectivity index (χ0) is 49.3. The number of carbonyl (C=O) groups excluding carboxylic acids is 2. The first kappa shape index (κ1) is 47.1. The van der Waals surface area contributed by atoms with Crippen LogP contribution in [0, 0.1) is 0 Å². The fourth-order valence-electron chi connectivity index (χ4n) is 8.91. The van der Waals surface area contributed by atoms with Crippen molar-refractivity contribution in [2.24, 2.45) is 0 Å². The number of esters is 2. The van der Waals surface area contributed by atoms with Crippen LogP contribution < -0.4 is 14.8 Å². The molecule has 0 saturated carbocycles. The summed E-state index contributed by atoms with van der Waals surface area (Å²) in [5.74, 6) is -0.678. The number of imidazole rings is 1. The highest BCUT2D eigenvalue weighted by molar-refractivity contribution is 6.74. The molecule has 1 N–H and O–H groups in total. The monoisotopic (exact) mass is 969 g/mol. The molecule has 3 heterocycles. The fourth-order valence-corrected chi connectivity index (χ4v) is 11.3. The van der Waals surface area contributed by atoms with E-state index >= 15 is 0 Å². The Hall–Kier alpha value is -6.56. The van der Waals surface area contributed by atoms with Gasteiger partial charge in [-0.3, -0.25) is 4.57 Å². The summed E-state index contributed by atoms with van der Waals surface area (Å²) in [5, 5.41) is 11.1. The van der Waals surface area contributed by atoms with Gasteiger partial charge in [-0.25, -0.2) is 24.5 Å². The number of carbonyl (C=O) groups is 2. The Labute approximate surface area is 409 Å². The van der Waals surface area contributed by atoms with Crippen LogP contribution in [0.5, 0.6) is 11.5 Å². The predicted molar refractivity (Wildman–Crippen MR) is 283 cm³/mol. The van der Waals surface area contributed by atoms with Crippen LogP contribution in [-0.2, 0) is 13.6 Å². The molecule has 0 radical (unpaired) electrons. The number of rotatable bonds is 12. The average molecular weight is 970 g/mol. The van der Waals surface area contributed by atoms with Gasteiger partial charge < -0.3 is 28.4 Å². The maximum Gasteiger partial charge on any atom is 0.343 e. The van der Waals surface area contributed by atoms with Crippen molar-refractivity contribution in [3.8, 4) is 11.5 Å². The molecule has 7 aromatic carbocycles. The van der Waals surface area contributed by atoms with Gasteiger partial charge in [-0.15, -0.1) is 0 Å². The second-order valence-electron chi connectivity index (χ2n) is 21.4. The van der Waals surface area contributed by atoms with E-state index in [-0.39, 0.29) is 33.8 Å². The van der Waals surface area contributed by atoms with Gasteiger partial charge in [0, 0.05) is 23.3 Å². The van der Waals surface area contributed by atoms with E-state index in [1.807, 2.05) is 22.8 Å². The zero-order valence-electron chi connectivity index (χ0n) is 41.4. The van der Waals surface area contributed by atoms with Crippen molar-refractivity contribution in [1.29, 1.82) is 0 Å². The second-order valence-corrected chi connectivity index (χ2v) is 31.0. The summed E-state index contributed by atoms with van der Waals surface area (Å²) in [6, 6.07) is 35.8. The number of benzene rings is 7. The quantitative estimate of drug-likeness (QED) is 0.0412. The summed E-state index contributed by atoms with van der Waals surface area (Å²) in [5.41, 5.74) is 2.28. The van der Waals surface area contributed by atoms with Crippen molar-refractivity contribution in [3.63, 3.8) is 0 Å². The molecule has 0 spiro atoms. The van der Waals surface area contributed by atoms with E-state index in [0.29, 0.717) is 52.2 Å². The molecule has 1 aliphatic rings. The van der Waals surface area contributed by atoms with Gasteiger partial charge in [-0.1, -0.05) is 120 Å². The Kier molecular flexibility index (Phi) is 11.9. The third kappa shape index (κ3) is 8.61. The van der Waals surface area contributed by atoms with Gasteiger partial charge in [0.1, 0.15) is 18.7 Å². The van der Waals surface area contributed by atoms with Crippen LogP contribution in [-0.4, -0.2) is 66.9 Å². The summed E-state index contributed by atoms with van der Waals surface area (Å²) < 4.78 is 35.4. The normalized spacial score (nSPS) is 17.0. The van der Waals surface area contributed by atoms with E-state index in [9.17, 15) is 9.59 Å². The Morgan fingerprint density at radius 2 is 1.31 bits per heavy atom. The number of fused-ring (bicyclic) bond motifs is 3. The number of anilines is 2. The number of hydrogen-bond acceptors (Lipinski definition) is 11. The van der Waals surface area contributed by atoms with Crippen molar-refractivity contribution < 1.29 is 32.7 Å². The minimum atomic E-state index is -2.22. The van der Waals surface area contributed by atoms with Gasteiger partial charge in [-0.05, 0) is 98.9 Å². The van der Waals surface area contributed by atoms with E-state index in [0.717, 1.165) is 37.7 Å². The molecule has 0 bridgehead atoms. The van der Waals surface area contributed by atoms with Crippen LogP contribution in [0.1, 0.15) is 74.9 Å². The lowest BCUT2D eigenvalue weighted by atomic mass is 9.90. The maximum atomic E-state index is 14.0. The molecule has 0 aliphatic carbocycles. The first-order chi connectivity index (χ1) is 33.3. The van der Waals surface area contributed by atoms with Crippen LogP contribution in [0.2, 0.25) is 36.3 Å². The SMILES string of the molecule is CC(C)(C)[Si](C)(C)OC[C@H]1O[C@@H](n2cnc3c(Nc4cc(OC(=O)c5ccccc5)c(OC(=O)c5ccccc5)c5cc6ccc7cccc8ccc(c45)c6c78)ncnc32)C[C@@H]1O[Si](C)(C)C(C)(C)C. The summed E-state index contributed by atoms with van der Waals surface area (Å²) >= 11 is 0. The van der Waals surface area contributed by atoms with Crippen LogP contribution >= 0.6 is 0 Å². The highest BCUT2D eigenvalue weighted by Gasteiger charge is 2.47. The first-order valence-corrected chi connectivity index (χ1v) is 29.7. The van der Waals surface area contributed by atoms with Crippen LogP contribution in [0.25, 0.3) is 54.3 Å². The van der Waals surface area contributed by atoms with Gasteiger partial charge in [-0.2, -0.15) is 0 Å². The molecule has 0 amide bonds. The Balaban J connectivity index is 1.11. The van der Waals surface area contributed by atoms with E-state index in [4.69, 9.17) is 38.0 Å². The molecule has 2 aromatic heterocycles. The molecule has 70 heavy (non-hydrogen) atoms. The van der Waals surface area contributed by atoms with Crippen molar-refractivity contribution in [2.45, 2.75) is 103 Å². The molecule has 14 heteroatoms. The Bertz CT molecular complexity index is 3420. The van der Waals surface area contributed by atoms with E-state index in [1.165, 1.54) is 6.33 Å². The first-order valence-electron chi connectivity index (χ1n) is 23.9. The number of ether oxygens (including phenoxy) is 3. The lowest BCUT2D eigenvalue weighted by Crippen LogP contribution is -2.48. The second kappa shape index (κ2) is 17.7. The van der Waals surface area contributed by atoms with Crippen molar-refractivity contribution in [1.82, 2.24) is 19.5 Å². The molecule has 1 saturated heterocycles. The molecule has 358 valence electrons. The standard InChI is InChI=1S/C56H59N5O7Si2/c1-55(2,3)69(7,8)64-31-44-42(68-70(9,10)56(4,5)6)30-45(65-44)61-33-59-49-51(57-32-58-52(49)61)60-41-29-43(66-53(62)36-18-13-11-14-19-36)50(67-54(63)37-20-15-12-16-21-37)40-28-38-25-24-34-22-17-23-35-26-27-39(48(40)41)47(38)46(34)35/h11-29,32-33,42,44-45H,30-31H2,1-10H3,(H,57,58,60)/t42-,44+,45+/m0/s1. The summed E-state index contributed by atoms with van der Waals surface area (Å²) in [4.78, 5) is 42.5. The smallest absolute Gasteiger partial charge is 0.343 e. The van der Waals surface area contributed by atoms with E-state index < -0.39 is 34.8 Å². The van der Waals surface area contributed by atoms with Crippen LogP contribution in [0.3, 0.4) is 0 Å². The molecular weight excluding hydrogens is 911 g/mol. The highest BCUT2D eigenvalue weighted by atomic mass is 28.4. The van der Waals surface area contributed by atoms with Gasteiger partial charge >= 0.3 is 11.9 Å². The summed E-state index contributed by atoms with van der Waals surface area (Å²) in [6.07, 6.45) is 2.89. The third-order valence-electron chi connectivity index (χ3n) is 14.8. The number of nitrogens with zero attached hydrogens (tertiary/aromatic N) is 4. The molecule has 1 aliphatic heterocycles. The van der Waals surface area contributed by atoms with E-state index in [2.05, 4.69) is 116 Å². The average Bonchev–Trinajstić information content (AvgIpc) is 3.95. The zero-order valence-corrected chi connectivity index (χ0v) is 43.4. The molecule has 1 fully saturated rings. The summed E-state index contributed by atoms with van der Waals surface area (Å²) in [6.45, 7) is 23.0. The molecule has 3 atom stereocenters. The topological polar surface area (TPSA) is 136 Å². The molecule has 9 aromatic rings. The van der Waals surface area contributed by atoms with E-state index in [1.54, 1.807) is 60.9 Å². The van der Waals surface area contributed by atoms with Gasteiger partial charge in [0.2, 0.25) is 0 Å². The molecule has 0 unspecified atom stereocenters. The van der Waals surface area contributed by atoms with Gasteiger partial charge in [0.15, 0.2) is 45.1 Å². The van der Waals surface area contributed by atoms with Crippen LogP contribution in [0.15, 0.2) is 128 Å². The number of nitrogens with one attached hydrogen (secondary N) is 1. The van der Waals surface area contributed by atoms with Crippen molar-refractivity contribution in [2.75, 3.05) is 11.9 Å². The number of aromatic nitrogens is 4. The molecule has 10 rings (SSSR count). The fraction of sp³-hybridized carbons (Fsp3) is 0.304. The predicted octanol–water partition coefficient (Wildman–Crippen LogP) is 13.8. The van der Waals surface area contributed by atoms with Crippen molar-refractivity contribution in [3.05, 3.63) is 139 Å².